The molecule has 1 heterocycles. The quantitative estimate of drug-likeness (QED) is 0.842. The van der Waals surface area contributed by atoms with Crippen LogP contribution in [0.1, 0.15) is 13.8 Å². The average Bonchev–Trinajstić information content (AvgIpc) is 2.47. The second kappa shape index (κ2) is 7.21. The van der Waals surface area contributed by atoms with Gasteiger partial charge in [-0.1, -0.05) is 12.1 Å². The van der Waals surface area contributed by atoms with Crippen LogP contribution in [0.4, 0.5) is 16.2 Å². The molecule has 0 spiro atoms. The Hall–Kier alpha value is -2.90. The van der Waals surface area contributed by atoms with Crippen LogP contribution in [0, 0.1) is 0 Å². The molecule has 1 aromatic rings. The first-order valence-corrected chi connectivity index (χ1v) is 6.83. The summed E-state index contributed by atoms with van der Waals surface area (Å²) >= 11 is 0. The van der Waals surface area contributed by atoms with E-state index in [0.717, 1.165) is 0 Å². The number of ether oxygens (including phenoxy) is 2. The zero-order valence-corrected chi connectivity index (χ0v) is 12.3. The van der Waals surface area contributed by atoms with Crippen LogP contribution >= 0.6 is 0 Å². The topological polar surface area (TPSA) is 98.2 Å². The second-order valence-corrected chi connectivity index (χ2v) is 4.17. The molecule has 0 aromatic heterocycles. The summed E-state index contributed by atoms with van der Waals surface area (Å²) in [5.41, 5.74) is 3.73. The Morgan fingerprint density at radius 1 is 1.32 bits per heavy atom. The number of hydrazone groups is 1. The first-order valence-electron chi connectivity index (χ1n) is 6.83. The Labute approximate surface area is 128 Å². The molecule has 1 aliphatic rings. The van der Waals surface area contributed by atoms with E-state index in [2.05, 4.69) is 15.8 Å². The maximum Gasteiger partial charge on any atom is 0.238 e. The lowest BCUT2D eigenvalue weighted by Crippen LogP contribution is -2.39. The molecule has 0 saturated heterocycles. The second-order valence-electron chi connectivity index (χ2n) is 4.17. The number of hydrogen-bond donors (Lipinski definition) is 2. The zero-order valence-electron chi connectivity index (χ0n) is 12.3. The van der Waals surface area contributed by atoms with E-state index in [-0.39, 0.29) is 0 Å². The molecule has 0 bridgehead atoms. The van der Waals surface area contributed by atoms with Crippen LogP contribution < -0.4 is 21.0 Å². The highest BCUT2D eigenvalue weighted by Crippen LogP contribution is 2.26. The Morgan fingerprint density at radius 2 is 2.05 bits per heavy atom. The summed E-state index contributed by atoms with van der Waals surface area (Å²) in [4.78, 5) is 10.8. The molecule has 0 unspecified atom stereocenters. The molecule has 0 saturated carbocycles. The summed E-state index contributed by atoms with van der Waals surface area (Å²) in [5, 5.41) is 18.6. The number of hydrazine groups is 1. The van der Waals surface area contributed by atoms with Gasteiger partial charge in [0.05, 0.1) is 25.0 Å². The third kappa shape index (κ3) is 3.81. The van der Waals surface area contributed by atoms with Crippen molar-refractivity contribution in [2.45, 2.75) is 13.8 Å². The van der Waals surface area contributed by atoms with E-state index in [4.69, 9.17) is 9.47 Å². The van der Waals surface area contributed by atoms with Crippen molar-refractivity contribution in [3.05, 3.63) is 36.2 Å². The summed E-state index contributed by atoms with van der Waals surface area (Å²) in [6.45, 7) is 4.60. The SMILES string of the molecule is CCOC1=CC(OCC)=NN(c2ccccc2NC(=O)[O-])N1. The molecule has 2 N–H and O–H groups in total. The van der Waals surface area contributed by atoms with Crippen molar-refractivity contribution in [3.8, 4) is 0 Å². The number of rotatable bonds is 5. The molecule has 2 rings (SSSR count). The van der Waals surface area contributed by atoms with Gasteiger partial charge < -0.3 is 24.7 Å². The van der Waals surface area contributed by atoms with Crippen LogP contribution in [-0.2, 0) is 9.47 Å². The molecule has 0 fully saturated rings. The predicted octanol–water partition coefficient (Wildman–Crippen LogP) is 0.994. The highest BCUT2D eigenvalue weighted by molar-refractivity contribution is 5.91. The first kappa shape index (κ1) is 15.5. The van der Waals surface area contributed by atoms with E-state index in [1.54, 1.807) is 30.3 Å². The van der Waals surface area contributed by atoms with Gasteiger partial charge in [0, 0.05) is 0 Å². The molecule has 0 atom stereocenters. The Morgan fingerprint density at radius 3 is 2.73 bits per heavy atom. The molecule has 8 nitrogen and oxygen atoms in total. The maximum atomic E-state index is 10.8. The van der Waals surface area contributed by atoms with Crippen molar-refractivity contribution in [1.29, 1.82) is 0 Å². The standard InChI is InChI=1S/C14H18N4O4/c1-3-21-12-9-13(22-4-2)17-18(16-12)11-8-6-5-7-10(11)15-14(19)20/h5-9,15-16H,3-4H2,1-2H3,(H,19,20)/p-1. The van der Waals surface area contributed by atoms with Crippen molar-refractivity contribution in [2.24, 2.45) is 5.10 Å². The van der Waals surface area contributed by atoms with Gasteiger partial charge in [0.25, 0.3) is 0 Å². The number of nitrogens with zero attached hydrogens (tertiary/aromatic N) is 2. The van der Waals surface area contributed by atoms with Gasteiger partial charge in [0.1, 0.15) is 11.8 Å². The van der Waals surface area contributed by atoms with Crippen molar-refractivity contribution < 1.29 is 19.4 Å². The summed E-state index contributed by atoms with van der Waals surface area (Å²) in [6, 6.07) is 6.75. The smallest absolute Gasteiger partial charge is 0.238 e. The summed E-state index contributed by atoms with van der Waals surface area (Å²) in [5.74, 6) is 0.803. The predicted molar refractivity (Wildman–Crippen MR) is 79.8 cm³/mol. The van der Waals surface area contributed by atoms with E-state index in [1.165, 1.54) is 5.12 Å². The third-order valence-corrected chi connectivity index (χ3v) is 2.63. The van der Waals surface area contributed by atoms with Gasteiger partial charge in [-0.2, -0.15) is 5.12 Å². The van der Waals surface area contributed by atoms with Crippen LogP contribution in [-0.4, -0.2) is 25.2 Å². The minimum Gasteiger partial charge on any atom is -0.530 e. The number of carbonyl (C=O) groups excluding carboxylic acids is 1. The highest BCUT2D eigenvalue weighted by atomic mass is 16.5. The molecule has 118 valence electrons. The average molecular weight is 305 g/mol. The number of para-hydroxylation sites is 2. The van der Waals surface area contributed by atoms with E-state index in [1.807, 2.05) is 13.8 Å². The number of carbonyl (C=O) groups is 1. The highest BCUT2D eigenvalue weighted by Gasteiger charge is 2.18. The summed E-state index contributed by atoms with van der Waals surface area (Å²) < 4.78 is 10.8. The van der Waals surface area contributed by atoms with Crippen LogP contribution in [0.5, 0.6) is 0 Å². The van der Waals surface area contributed by atoms with Crippen molar-refractivity contribution in [1.82, 2.24) is 5.43 Å². The van der Waals surface area contributed by atoms with Gasteiger partial charge in [0.2, 0.25) is 11.8 Å². The largest absolute Gasteiger partial charge is 0.530 e. The van der Waals surface area contributed by atoms with E-state index < -0.39 is 6.09 Å². The Bertz CT molecular complexity index is 600. The van der Waals surface area contributed by atoms with E-state index >= 15 is 0 Å². The minimum atomic E-state index is -1.40. The van der Waals surface area contributed by atoms with Gasteiger partial charge in [0.15, 0.2) is 0 Å². The van der Waals surface area contributed by atoms with E-state index in [0.29, 0.717) is 36.4 Å². The monoisotopic (exact) mass is 305 g/mol. The van der Waals surface area contributed by atoms with Crippen LogP contribution in [0.15, 0.2) is 41.3 Å². The number of carboxylic acid groups (broad SMARTS) is 1. The number of benzene rings is 1. The maximum absolute atomic E-state index is 10.8. The lowest BCUT2D eigenvalue weighted by atomic mass is 10.2. The van der Waals surface area contributed by atoms with Gasteiger partial charge in [-0.25, -0.2) is 5.43 Å². The zero-order chi connectivity index (χ0) is 15.9. The lowest BCUT2D eigenvalue weighted by Gasteiger charge is -2.28. The van der Waals surface area contributed by atoms with Crippen molar-refractivity contribution >= 4 is 23.4 Å². The minimum absolute atomic E-state index is 0.326. The van der Waals surface area contributed by atoms with Crippen LogP contribution in [0.2, 0.25) is 0 Å². The molecule has 1 aromatic carbocycles. The summed E-state index contributed by atoms with van der Waals surface area (Å²) in [7, 11) is 0. The molecule has 22 heavy (non-hydrogen) atoms. The van der Waals surface area contributed by atoms with Gasteiger partial charge in [-0.15, -0.1) is 5.10 Å². The third-order valence-electron chi connectivity index (χ3n) is 2.63. The van der Waals surface area contributed by atoms with Crippen molar-refractivity contribution in [3.63, 3.8) is 0 Å². The fourth-order valence-corrected chi connectivity index (χ4v) is 1.84. The van der Waals surface area contributed by atoms with Gasteiger partial charge >= 0.3 is 0 Å². The lowest BCUT2D eigenvalue weighted by molar-refractivity contribution is -0.242. The Balaban J connectivity index is 2.31. The molecule has 0 radical (unpaired) electrons. The molecular formula is C14H17N4O4-. The molecule has 8 heteroatoms. The molecule has 0 aliphatic carbocycles. The molecule has 1 amide bonds. The number of amides is 1. The fraction of sp³-hybridized carbons (Fsp3) is 0.286. The fourth-order valence-electron chi connectivity index (χ4n) is 1.84. The van der Waals surface area contributed by atoms with Crippen molar-refractivity contribution in [2.75, 3.05) is 23.6 Å². The van der Waals surface area contributed by atoms with Crippen LogP contribution in [0.25, 0.3) is 0 Å². The number of nitrogens with one attached hydrogen (secondary N) is 2. The normalized spacial score (nSPS) is 13.6. The number of anilines is 2. The van der Waals surface area contributed by atoms with Crippen LogP contribution in [0.3, 0.4) is 0 Å². The van der Waals surface area contributed by atoms with E-state index in [9.17, 15) is 9.90 Å². The Kier molecular flexibility index (Phi) is 5.07. The molecule has 1 aliphatic heterocycles. The summed E-state index contributed by atoms with van der Waals surface area (Å²) in [6.07, 6.45) is 0.220. The number of hydrogen-bond acceptors (Lipinski definition) is 7. The van der Waals surface area contributed by atoms with Gasteiger partial charge in [-0.3, -0.25) is 0 Å². The first-order chi connectivity index (χ1) is 10.6. The molecular weight excluding hydrogens is 288 g/mol. The van der Waals surface area contributed by atoms with Gasteiger partial charge in [-0.05, 0) is 26.0 Å².